The van der Waals surface area contributed by atoms with E-state index in [4.69, 9.17) is 44.9 Å². The summed E-state index contributed by atoms with van der Waals surface area (Å²) in [5.74, 6) is -9.29. The number of para-hydroxylation sites is 4. The standard InChI is InChI=1S/C74H101N23O10/c1-3-41(2)62(97-69(104)61(36-45-40-89-54-25-11-7-20-49(45)54)96-67(102)58(33-42-37-86-51-22-8-4-17-46(42)51)93-63(98)50(76)21-14-30-83-72(77)78)70(105)91-56(27-15-31-84-73(79)80)64(99)90-55(26-12-13-29-75)65(100)94-60(35-44-39-88-53-24-10-6-19-48(44)53)68(103)95-59(34-43-38-87-52-23-9-5-18-47(43)52)66(101)92-57(71(106)107)28-16-32-85-74(81)82/h4-11,17-20,22-25,37-41,50,55-62,86-89H,3,12-16,21,26-36,75-76H2,1-2H3,(H,90,99)(H,91,105)(H,92,101)(H,93,98)(H,94,100)(H,95,103)(H,96,102)(H,97,104)(H,106,107)(H4,77,78,83)(H4,79,80,84)(H4,81,82,85)/t41-,50-,55-,56-,57-,58-,59-,60-,61-,62-/m0/s1. The second-order valence-electron chi connectivity index (χ2n) is 26.7. The Morgan fingerprint density at radius 1 is 0.393 bits per heavy atom. The van der Waals surface area contributed by atoms with E-state index in [9.17, 15) is 19.5 Å². The number of nitrogens with two attached hydrogens (primary N) is 5. The molecule has 0 aliphatic rings. The summed E-state index contributed by atoms with van der Waals surface area (Å²) in [5.41, 5.74) is 34.4. The number of hydrogen-bond donors (Lipinski definition) is 24. The Kier molecular flexibility index (Phi) is 30.0. The predicted molar refractivity (Wildman–Crippen MR) is 409 cm³/mol. The number of rotatable bonds is 43. The highest BCUT2D eigenvalue weighted by molar-refractivity contribution is 6.00. The third-order valence-electron chi connectivity index (χ3n) is 18.9. The number of unbranched alkanes of at least 4 members (excludes halogenated alkanes) is 1. The number of aliphatic carboxylic acids is 1. The molecule has 4 aromatic carbocycles. The lowest BCUT2D eigenvalue weighted by Crippen LogP contribution is -2.61. The average Bonchev–Trinajstić information content (AvgIpc) is 1.72. The molecule has 4 heterocycles. The van der Waals surface area contributed by atoms with Crippen molar-refractivity contribution >= 4 is 115 Å². The smallest absolute Gasteiger partial charge is 0.326 e. The summed E-state index contributed by atoms with van der Waals surface area (Å²) < 4.78 is 0. The number of guanidine groups is 3. The van der Waals surface area contributed by atoms with Crippen molar-refractivity contribution in [2.75, 3.05) is 26.2 Å². The van der Waals surface area contributed by atoms with Crippen LogP contribution in [0.1, 0.15) is 100 Å². The molecule has 8 rings (SSSR count). The summed E-state index contributed by atoms with van der Waals surface area (Å²) in [6, 6.07) is 16.9. The quantitative estimate of drug-likeness (QED) is 0.0145. The van der Waals surface area contributed by atoms with Gasteiger partial charge < -0.3 is 112 Å². The van der Waals surface area contributed by atoms with Crippen molar-refractivity contribution in [2.24, 2.45) is 34.6 Å². The first-order chi connectivity index (χ1) is 51.4. The number of hydrogen-bond acceptors (Lipinski definition) is 14. The summed E-state index contributed by atoms with van der Waals surface area (Å²) in [6.45, 7) is 4.21. The van der Waals surface area contributed by atoms with Crippen LogP contribution in [0.3, 0.4) is 0 Å². The van der Waals surface area contributed by atoms with Gasteiger partial charge >= 0.3 is 5.97 Å². The molecule has 0 aliphatic carbocycles. The Morgan fingerprint density at radius 3 is 1.03 bits per heavy atom. The van der Waals surface area contributed by atoms with E-state index in [0.29, 0.717) is 58.8 Å². The van der Waals surface area contributed by atoms with Crippen LogP contribution >= 0.6 is 0 Å². The molecule has 0 fully saturated rings. The van der Waals surface area contributed by atoms with Crippen LogP contribution in [0.2, 0.25) is 0 Å². The summed E-state index contributed by atoms with van der Waals surface area (Å²) in [7, 11) is 0. The van der Waals surface area contributed by atoms with Crippen molar-refractivity contribution in [1.29, 1.82) is 16.2 Å². The lowest BCUT2D eigenvalue weighted by Gasteiger charge is -2.30. The van der Waals surface area contributed by atoms with E-state index in [1.54, 1.807) is 50.8 Å². The Morgan fingerprint density at radius 2 is 0.682 bits per heavy atom. The topological polar surface area (TPSA) is 571 Å². The fraction of sp³-hybridized carbons (Fsp3) is 0.405. The highest BCUT2D eigenvalue weighted by atomic mass is 16.4. The van der Waals surface area contributed by atoms with Gasteiger partial charge in [-0.05, 0) is 117 Å². The maximum atomic E-state index is 15.3. The number of carbonyl (C=O) groups excluding carboxylic acids is 8. The monoisotopic (exact) mass is 1470 g/mol. The second kappa shape index (κ2) is 39.8. The van der Waals surface area contributed by atoms with Crippen molar-refractivity contribution in [3.05, 3.63) is 144 Å². The Bertz CT molecular complexity index is 4410. The molecule has 8 aromatic rings. The van der Waals surface area contributed by atoms with E-state index in [-0.39, 0.29) is 108 Å². The number of H-pyrrole nitrogens is 4. The number of benzene rings is 4. The van der Waals surface area contributed by atoms with Gasteiger partial charge in [-0.25, -0.2) is 4.79 Å². The molecule has 0 aliphatic heterocycles. The van der Waals surface area contributed by atoms with Crippen molar-refractivity contribution in [3.63, 3.8) is 0 Å². The number of aromatic amines is 4. The van der Waals surface area contributed by atoms with Gasteiger partial charge in [0.05, 0.1) is 6.04 Å². The zero-order valence-corrected chi connectivity index (χ0v) is 60.1. The first-order valence-corrected chi connectivity index (χ1v) is 36.0. The van der Waals surface area contributed by atoms with E-state index in [1.165, 1.54) is 0 Å². The maximum Gasteiger partial charge on any atom is 0.326 e. The van der Waals surface area contributed by atoms with E-state index >= 15 is 28.8 Å². The number of amides is 8. The molecule has 0 spiro atoms. The molecule has 0 unspecified atom stereocenters. The largest absolute Gasteiger partial charge is 0.480 e. The van der Waals surface area contributed by atoms with Crippen molar-refractivity contribution in [3.8, 4) is 0 Å². The molecular weight excluding hydrogens is 1370 g/mol. The predicted octanol–water partition coefficient (Wildman–Crippen LogP) is 1.14. The van der Waals surface area contributed by atoms with Gasteiger partial charge in [0.1, 0.15) is 48.3 Å². The van der Waals surface area contributed by atoms with Crippen LogP contribution in [0.25, 0.3) is 43.6 Å². The number of carbonyl (C=O) groups is 9. The van der Waals surface area contributed by atoms with Crippen LogP contribution in [0.4, 0.5) is 0 Å². The highest BCUT2D eigenvalue weighted by Crippen LogP contribution is 2.25. The third-order valence-corrected chi connectivity index (χ3v) is 18.9. The lowest BCUT2D eigenvalue weighted by molar-refractivity contribution is -0.142. The van der Waals surface area contributed by atoms with Crippen LogP contribution < -0.4 is 87.2 Å². The minimum atomic E-state index is -1.47. The Hall–Kier alpha value is -12.0. The van der Waals surface area contributed by atoms with Crippen molar-refractivity contribution in [1.82, 2.24) is 78.4 Å². The molecule has 0 saturated carbocycles. The summed E-state index contributed by atoms with van der Waals surface area (Å²) in [4.78, 5) is 145. The first kappa shape index (κ1) is 80.7. The SMILES string of the molecule is CC[C@H](C)[C@H](NC(=O)[C@H](Cc1c[nH]c2ccccc12)NC(=O)[C@H](Cc1c[nH]c2ccccc12)NC(=O)[C@@H](N)CCCNC(=N)N)C(=O)N[C@@H](CCCNC(=N)N)C(=O)N[C@@H](CCCCN)C(=O)N[C@@H](Cc1c[nH]c2ccccc12)C(=O)N[C@@H](Cc1c[nH]c2ccccc12)C(=O)N[C@@H](CCCNC(=N)N)C(=O)O. The lowest BCUT2D eigenvalue weighted by atomic mass is 9.96. The molecule has 29 N–H and O–H groups in total. The summed E-state index contributed by atoms with van der Waals surface area (Å²) >= 11 is 0. The molecule has 33 heteroatoms. The van der Waals surface area contributed by atoms with E-state index < -0.39 is 114 Å². The molecule has 10 atom stereocenters. The Labute approximate surface area is 618 Å². The van der Waals surface area contributed by atoms with Gasteiger partial charge in [0, 0.05) is 114 Å². The first-order valence-electron chi connectivity index (χ1n) is 36.0. The normalized spacial score (nSPS) is 14.1. The van der Waals surface area contributed by atoms with Crippen LogP contribution in [0, 0.1) is 22.1 Å². The fourth-order valence-corrected chi connectivity index (χ4v) is 12.8. The van der Waals surface area contributed by atoms with Gasteiger partial charge in [-0.2, -0.15) is 0 Å². The van der Waals surface area contributed by atoms with Crippen LogP contribution in [0.15, 0.2) is 122 Å². The van der Waals surface area contributed by atoms with Crippen LogP contribution in [-0.2, 0) is 68.8 Å². The minimum absolute atomic E-state index is 0.0268. The molecule has 572 valence electrons. The van der Waals surface area contributed by atoms with Crippen molar-refractivity contribution in [2.45, 2.75) is 158 Å². The zero-order chi connectivity index (χ0) is 77.1. The van der Waals surface area contributed by atoms with Gasteiger partial charge in [-0.3, -0.25) is 54.6 Å². The summed E-state index contributed by atoms with van der Waals surface area (Å²) in [5, 5.41) is 66.7. The van der Waals surface area contributed by atoms with E-state index in [2.05, 4.69) is 78.4 Å². The molecule has 4 aromatic heterocycles. The van der Waals surface area contributed by atoms with Gasteiger partial charge in [-0.15, -0.1) is 0 Å². The molecule has 8 amide bonds. The van der Waals surface area contributed by atoms with Gasteiger partial charge in [0.15, 0.2) is 17.9 Å². The summed E-state index contributed by atoms with van der Waals surface area (Å²) in [6.07, 6.45) is 7.99. The fourth-order valence-electron chi connectivity index (χ4n) is 12.8. The molecule has 107 heavy (non-hydrogen) atoms. The van der Waals surface area contributed by atoms with Gasteiger partial charge in [-0.1, -0.05) is 93.1 Å². The number of carboxylic acid groups (broad SMARTS) is 1. The molecule has 0 radical (unpaired) electrons. The molecular formula is C74H101N23O10. The van der Waals surface area contributed by atoms with Crippen LogP contribution in [-0.4, -0.2) is 177 Å². The number of fused-ring (bicyclic) bond motifs is 4. The van der Waals surface area contributed by atoms with E-state index in [1.807, 2.05) is 84.9 Å². The zero-order valence-electron chi connectivity index (χ0n) is 60.1. The maximum absolute atomic E-state index is 15.3. The number of carboxylic acids is 1. The van der Waals surface area contributed by atoms with Gasteiger partial charge in [0.25, 0.3) is 0 Å². The Balaban J connectivity index is 1.07. The minimum Gasteiger partial charge on any atom is -0.480 e. The average molecular weight is 1470 g/mol. The third kappa shape index (κ3) is 23.5. The van der Waals surface area contributed by atoms with Gasteiger partial charge in [0.2, 0.25) is 47.3 Å². The van der Waals surface area contributed by atoms with Crippen molar-refractivity contribution < 1.29 is 48.3 Å². The molecule has 0 saturated heterocycles. The molecule has 33 nitrogen and oxygen atoms in total. The van der Waals surface area contributed by atoms with Crippen LogP contribution in [0.5, 0.6) is 0 Å². The molecule has 0 bridgehead atoms. The number of nitrogens with one attached hydrogen (secondary N) is 18. The highest BCUT2D eigenvalue weighted by Gasteiger charge is 2.38. The van der Waals surface area contributed by atoms with E-state index in [0.717, 1.165) is 32.7 Å². The second-order valence-corrected chi connectivity index (χ2v) is 26.7. The number of aromatic nitrogens is 4.